The molecule has 0 radical (unpaired) electrons. The lowest BCUT2D eigenvalue weighted by Crippen LogP contribution is -2.54. The van der Waals surface area contributed by atoms with E-state index in [1.165, 1.54) is 76.4 Å². The lowest BCUT2D eigenvalue weighted by atomic mass is 10.1. The SMILES string of the molecule is O=C(N[C@@](I)(Cc1ccc(Oc2ccc(O)cc2)cc1)C(=O)O)C(F)(F)F. The second-order valence-corrected chi connectivity index (χ2v) is 7.32. The third-order valence-corrected chi connectivity index (χ3v) is 4.46. The number of alkyl halides is 4. The molecule has 0 aliphatic rings. The number of rotatable bonds is 6. The van der Waals surface area contributed by atoms with Gasteiger partial charge in [0.05, 0.1) is 0 Å². The molecule has 0 aliphatic heterocycles. The summed E-state index contributed by atoms with van der Waals surface area (Å²) < 4.78 is 40.6. The van der Waals surface area contributed by atoms with Gasteiger partial charge in [-0.3, -0.25) is 4.79 Å². The molecule has 0 aliphatic carbocycles. The first-order valence-corrected chi connectivity index (χ1v) is 8.45. The number of hydrogen-bond donors (Lipinski definition) is 3. The number of benzene rings is 2. The molecule has 2 aromatic carbocycles. The van der Waals surface area contributed by atoms with E-state index in [-0.39, 0.29) is 12.2 Å². The molecule has 0 unspecified atom stereocenters. The number of amides is 1. The molecule has 27 heavy (non-hydrogen) atoms. The molecule has 0 aromatic heterocycles. The number of phenols is 1. The van der Waals surface area contributed by atoms with Crippen molar-refractivity contribution in [2.24, 2.45) is 0 Å². The minimum Gasteiger partial charge on any atom is -0.508 e. The average molecular weight is 495 g/mol. The monoisotopic (exact) mass is 495 g/mol. The number of ether oxygens (including phenoxy) is 1. The molecule has 0 bridgehead atoms. The number of halogens is 4. The minimum absolute atomic E-state index is 0.0747. The number of phenolic OH excluding ortho intramolecular Hbond substituents is 1. The van der Waals surface area contributed by atoms with Gasteiger partial charge in [-0.15, -0.1) is 0 Å². The molecule has 3 N–H and O–H groups in total. The van der Waals surface area contributed by atoms with Crippen molar-refractivity contribution in [1.29, 1.82) is 0 Å². The Morgan fingerprint density at radius 2 is 1.48 bits per heavy atom. The van der Waals surface area contributed by atoms with E-state index in [1.807, 2.05) is 0 Å². The number of hydrogen-bond acceptors (Lipinski definition) is 4. The van der Waals surface area contributed by atoms with Gasteiger partial charge in [0.15, 0.2) is 3.55 Å². The number of nitrogens with one attached hydrogen (secondary N) is 1. The summed E-state index contributed by atoms with van der Waals surface area (Å²) >= 11 is 1.27. The van der Waals surface area contributed by atoms with E-state index in [9.17, 15) is 33.0 Å². The number of carbonyl (C=O) groups excluding carboxylic acids is 1. The van der Waals surface area contributed by atoms with E-state index in [1.54, 1.807) is 0 Å². The van der Waals surface area contributed by atoms with Gasteiger partial charge in [0, 0.05) is 6.42 Å². The van der Waals surface area contributed by atoms with Crippen molar-refractivity contribution in [2.75, 3.05) is 0 Å². The van der Waals surface area contributed by atoms with Crippen molar-refractivity contribution in [1.82, 2.24) is 5.32 Å². The third kappa shape index (κ3) is 5.74. The van der Waals surface area contributed by atoms with Crippen LogP contribution in [0.1, 0.15) is 5.56 Å². The standard InChI is InChI=1S/C17H13F3INO5/c18-17(19,20)14(24)22-16(21,15(25)26)9-10-1-5-12(6-2-10)27-13-7-3-11(23)4-8-13/h1-8,23H,9H2,(H,22,24)(H,25,26)/t16-/m0/s1. The molecule has 144 valence electrons. The molecule has 0 fully saturated rings. The molecule has 6 nitrogen and oxygen atoms in total. The van der Waals surface area contributed by atoms with E-state index in [0.29, 0.717) is 17.1 Å². The lowest BCUT2D eigenvalue weighted by molar-refractivity contribution is -0.175. The Morgan fingerprint density at radius 3 is 1.93 bits per heavy atom. The van der Waals surface area contributed by atoms with E-state index in [4.69, 9.17) is 4.74 Å². The topological polar surface area (TPSA) is 95.9 Å². The van der Waals surface area contributed by atoms with Gasteiger partial charge in [0.1, 0.15) is 17.2 Å². The van der Waals surface area contributed by atoms with Crippen molar-refractivity contribution in [2.45, 2.75) is 16.1 Å². The highest BCUT2D eigenvalue weighted by molar-refractivity contribution is 14.1. The summed E-state index contributed by atoms with van der Waals surface area (Å²) in [5.74, 6) is -3.01. The van der Waals surface area contributed by atoms with Gasteiger partial charge >= 0.3 is 18.1 Å². The van der Waals surface area contributed by atoms with Crippen LogP contribution in [-0.4, -0.2) is 31.8 Å². The Kier molecular flexibility index (Phi) is 6.19. The molecule has 1 amide bonds. The number of carboxylic acids is 1. The lowest BCUT2D eigenvalue weighted by Gasteiger charge is -2.25. The quantitative estimate of drug-likeness (QED) is 0.324. The predicted molar refractivity (Wildman–Crippen MR) is 96.9 cm³/mol. The first kappa shape index (κ1) is 20.8. The number of carbonyl (C=O) groups is 2. The molecule has 10 heteroatoms. The van der Waals surface area contributed by atoms with Crippen molar-refractivity contribution in [3.05, 3.63) is 54.1 Å². The Balaban J connectivity index is 2.11. The summed E-state index contributed by atoms with van der Waals surface area (Å²) in [6.45, 7) is 0. The van der Waals surface area contributed by atoms with Gasteiger partial charge in [-0.2, -0.15) is 13.2 Å². The molecule has 0 heterocycles. The second kappa shape index (κ2) is 8.03. The van der Waals surface area contributed by atoms with Crippen molar-refractivity contribution >= 4 is 34.5 Å². The van der Waals surface area contributed by atoms with Crippen LogP contribution >= 0.6 is 22.6 Å². The summed E-state index contributed by atoms with van der Waals surface area (Å²) in [6, 6.07) is 11.9. The second-order valence-electron chi connectivity index (χ2n) is 5.47. The van der Waals surface area contributed by atoms with Crippen LogP contribution in [0.2, 0.25) is 0 Å². The van der Waals surface area contributed by atoms with E-state index in [2.05, 4.69) is 0 Å². The van der Waals surface area contributed by atoms with Crippen LogP contribution in [0.4, 0.5) is 13.2 Å². The summed E-state index contributed by atoms with van der Waals surface area (Å²) in [4.78, 5) is 22.5. The van der Waals surface area contributed by atoms with Gasteiger partial charge in [-0.05, 0) is 64.6 Å². The molecular formula is C17H13F3INO5. The maximum absolute atomic E-state index is 12.4. The van der Waals surface area contributed by atoms with Crippen LogP contribution in [0.3, 0.4) is 0 Å². The maximum atomic E-state index is 12.4. The molecule has 0 saturated carbocycles. The van der Waals surface area contributed by atoms with Gasteiger partial charge in [0.25, 0.3) is 0 Å². The van der Waals surface area contributed by atoms with Crippen LogP contribution in [0.15, 0.2) is 48.5 Å². The van der Waals surface area contributed by atoms with Crippen LogP contribution in [0.25, 0.3) is 0 Å². The van der Waals surface area contributed by atoms with Crippen LogP contribution in [0.5, 0.6) is 17.2 Å². The van der Waals surface area contributed by atoms with Crippen molar-refractivity contribution in [3.8, 4) is 17.2 Å². The molecule has 0 spiro atoms. The molecular weight excluding hydrogens is 482 g/mol. The highest BCUT2D eigenvalue weighted by Gasteiger charge is 2.46. The first-order valence-electron chi connectivity index (χ1n) is 7.37. The molecule has 1 atom stereocenters. The van der Waals surface area contributed by atoms with Gasteiger partial charge in [-0.25, -0.2) is 4.79 Å². The van der Waals surface area contributed by atoms with Crippen LogP contribution in [-0.2, 0) is 16.0 Å². The van der Waals surface area contributed by atoms with Crippen molar-refractivity contribution in [3.63, 3.8) is 0 Å². The molecule has 2 aromatic rings. The highest BCUT2D eigenvalue weighted by atomic mass is 127. The normalized spacial score (nSPS) is 13.5. The zero-order valence-electron chi connectivity index (χ0n) is 13.5. The average Bonchev–Trinajstić information content (AvgIpc) is 2.57. The maximum Gasteiger partial charge on any atom is 0.471 e. The fourth-order valence-electron chi connectivity index (χ4n) is 2.03. The highest BCUT2D eigenvalue weighted by Crippen LogP contribution is 2.28. The van der Waals surface area contributed by atoms with Gasteiger partial charge in [0.2, 0.25) is 0 Å². The predicted octanol–water partition coefficient (Wildman–Crippen LogP) is 3.62. The molecule has 0 saturated heterocycles. The Labute approximate surface area is 165 Å². The Hall–Kier alpha value is -2.50. The van der Waals surface area contributed by atoms with Gasteiger partial charge in [-0.1, -0.05) is 12.1 Å². The Bertz CT molecular complexity index is 824. The van der Waals surface area contributed by atoms with E-state index in [0.717, 1.165) is 0 Å². The largest absolute Gasteiger partial charge is 0.508 e. The van der Waals surface area contributed by atoms with Crippen LogP contribution in [0, 0.1) is 0 Å². The number of aromatic hydroxyl groups is 1. The summed E-state index contributed by atoms with van der Waals surface area (Å²) in [7, 11) is 0. The Morgan fingerprint density at radius 1 is 1.00 bits per heavy atom. The number of aliphatic carboxylic acids is 1. The van der Waals surface area contributed by atoms with E-state index < -0.39 is 21.6 Å². The van der Waals surface area contributed by atoms with Gasteiger partial charge < -0.3 is 20.3 Å². The summed E-state index contributed by atoms with van der Waals surface area (Å²) in [5, 5.41) is 20.0. The third-order valence-electron chi connectivity index (χ3n) is 3.35. The first-order chi connectivity index (χ1) is 12.5. The van der Waals surface area contributed by atoms with Crippen molar-refractivity contribution < 1.29 is 37.7 Å². The molecule has 2 rings (SSSR count). The number of carboxylic acid groups (broad SMARTS) is 1. The minimum atomic E-state index is -5.19. The fourth-order valence-corrected chi connectivity index (χ4v) is 2.72. The summed E-state index contributed by atoms with van der Waals surface area (Å²) in [6.07, 6.45) is -5.56. The smallest absolute Gasteiger partial charge is 0.471 e. The summed E-state index contributed by atoms with van der Waals surface area (Å²) in [5.41, 5.74) is 0.382. The zero-order chi connectivity index (χ0) is 20.2. The zero-order valence-corrected chi connectivity index (χ0v) is 15.6. The fraction of sp³-hybridized carbons (Fsp3) is 0.176. The van der Waals surface area contributed by atoms with E-state index >= 15 is 0 Å². The van der Waals surface area contributed by atoms with Crippen LogP contribution < -0.4 is 10.1 Å².